The fourth-order valence-electron chi connectivity index (χ4n) is 3.09. The van der Waals surface area contributed by atoms with Crippen LogP contribution in [0.5, 0.6) is 0 Å². The number of hydrogen-bond acceptors (Lipinski definition) is 5. The van der Waals surface area contributed by atoms with E-state index in [-0.39, 0.29) is 6.42 Å². The average molecular weight is 377 g/mol. The van der Waals surface area contributed by atoms with E-state index in [0.717, 1.165) is 19.3 Å². The second-order valence-corrected chi connectivity index (χ2v) is 7.49. The lowest BCUT2D eigenvalue weighted by Gasteiger charge is -2.31. The van der Waals surface area contributed by atoms with E-state index in [1.807, 2.05) is 0 Å². The molecule has 0 aromatic heterocycles. The van der Waals surface area contributed by atoms with Gasteiger partial charge in [-0.25, -0.2) is 4.79 Å². The summed E-state index contributed by atoms with van der Waals surface area (Å²) in [7, 11) is 0. The van der Waals surface area contributed by atoms with Crippen molar-refractivity contribution in [1.29, 1.82) is 0 Å². The quantitative estimate of drug-likeness (QED) is 0.184. The van der Waals surface area contributed by atoms with Crippen LogP contribution in [0.2, 0.25) is 0 Å². The van der Waals surface area contributed by atoms with E-state index in [1.54, 1.807) is 0 Å². The molecule has 0 aromatic rings. The predicted molar refractivity (Wildman–Crippen MR) is 102 cm³/mol. The van der Waals surface area contributed by atoms with E-state index in [9.17, 15) is 25.2 Å². The van der Waals surface area contributed by atoms with Gasteiger partial charge in [0, 0.05) is 6.42 Å². The molecular formula is C20H40O6. The highest BCUT2D eigenvalue weighted by molar-refractivity contribution is 5.76. The van der Waals surface area contributed by atoms with Gasteiger partial charge in [-0.1, -0.05) is 96.8 Å². The average Bonchev–Trinajstić information content (AvgIpc) is 2.58. The maximum atomic E-state index is 10.6. The fourth-order valence-corrected chi connectivity index (χ4v) is 3.09. The van der Waals surface area contributed by atoms with Crippen molar-refractivity contribution in [3.05, 3.63) is 0 Å². The van der Waals surface area contributed by atoms with Crippen LogP contribution in [0.15, 0.2) is 0 Å². The topological polar surface area (TPSA) is 118 Å². The molecule has 0 aliphatic heterocycles. The van der Waals surface area contributed by atoms with Gasteiger partial charge < -0.3 is 25.5 Å². The van der Waals surface area contributed by atoms with E-state index in [2.05, 4.69) is 6.92 Å². The lowest BCUT2D eigenvalue weighted by molar-refractivity contribution is -0.346. The maximum absolute atomic E-state index is 10.6. The molecule has 0 spiro atoms. The van der Waals surface area contributed by atoms with Gasteiger partial charge >= 0.3 is 11.8 Å². The van der Waals surface area contributed by atoms with Crippen LogP contribution in [-0.4, -0.2) is 43.1 Å². The number of unbranched alkanes of at least 4 members (excludes halogenated alkanes) is 14. The van der Waals surface area contributed by atoms with Gasteiger partial charge in [0.1, 0.15) is 0 Å². The summed E-state index contributed by atoms with van der Waals surface area (Å²) in [6.45, 7) is 2.24. The van der Waals surface area contributed by atoms with Crippen LogP contribution in [-0.2, 0) is 4.79 Å². The molecule has 26 heavy (non-hydrogen) atoms. The van der Waals surface area contributed by atoms with Gasteiger partial charge in [0.15, 0.2) is 0 Å². The molecule has 0 heterocycles. The van der Waals surface area contributed by atoms with Crippen molar-refractivity contribution in [3.63, 3.8) is 0 Å². The van der Waals surface area contributed by atoms with Crippen LogP contribution in [0, 0.1) is 0 Å². The van der Waals surface area contributed by atoms with Gasteiger partial charge in [0.05, 0.1) is 0 Å². The normalized spacial score (nSPS) is 12.5. The van der Waals surface area contributed by atoms with Crippen LogP contribution in [0.25, 0.3) is 0 Å². The third kappa shape index (κ3) is 11.1. The Morgan fingerprint density at radius 3 is 1.23 bits per heavy atom. The lowest BCUT2D eigenvalue weighted by atomic mass is 9.98. The number of aliphatic carboxylic acids is 1. The van der Waals surface area contributed by atoms with Gasteiger partial charge in [0.25, 0.3) is 0 Å². The number of rotatable bonds is 18. The Bertz CT molecular complexity index is 354. The Morgan fingerprint density at radius 2 is 0.923 bits per heavy atom. The number of aliphatic hydroxyl groups is 4. The second-order valence-electron chi connectivity index (χ2n) is 7.49. The Kier molecular flexibility index (Phi) is 14.0. The first-order valence-electron chi connectivity index (χ1n) is 10.4. The SMILES string of the molecule is CCCCCCCCCCCCCCCCCC(O)(O)C(O)(O)C(=O)O. The summed E-state index contributed by atoms with van der Waals surface area (Å²) in [4.78, 5) is 10.6. The van der Waals surface area contributed by atoms with Crippen molar-refractivity contribution in [2.24, 2.45) is 0 Å². The van der Waals surface area contributed by atoms with E-state index in [1.165, 1.54) is 64.2 Å². The summed E-state index contributed by atoms with van der Waals surface area (Å²) in [6.07, 6.45) is 17.0. The van der Waals surface area contributed by atoms with E-state index in [4.69, 9.17) is 5.11 Å². The Morgan fingerprint density at radius 1 is 0.615 bits per heavy atom. The number of carboxylic acid groups (broad SMARTS) is 1. The van der Waals surface area contributed by atoms with Gasteiger partial charge in [-0.2, -0.15) is 0 Å². The monoisotopic (exact) mass is 376 g/mol. The molecule has 0 saturated carbocycles. The third-order valence-corrected chi connectivity index (χ3v) is 4.99. The van der Waals surface area contributed by atoms with Gasteiger partial charge in [0.2, 0.25) is 5.79 Å². The molecule has 5 N–H and O–H groups in total. The van der Waals surface area contributed by atoms with Gasteiger partial charge in [-0.15, -0.1) is 0 Å². The van der Waals surface area contributed by atoms with Crippen molar-refractivity contribution in [2.45, 2.75) is 121 Å². The predicted octanol–water partition coefficient (Wildman–Crippen LogP) is 3.69. The number of carboxylic acids is 1. The molecule has 0 unspecified atom stereocenters. The molecule has 0 amide bonds. The summed E-state index contributed by atoms with van der Waals surface area (Å²) in [5.41, 5.74) is 0. The van der Waals surface area contributed by atoms with Crippen LogP contribution in [0.3, 0.4) is 0 Å². The summed E-state index contributed by atoms with van der Waals surface area (Å²) in [5.74, 6) is -8.64. The number of carbonyl (C=O) groups is 1. The summed E-state index contributed by atoms with van der Waals surface area (Å²) in [6, 6.07) is 0. The number of hydrogen-bond donors (Lipinski definition) is 5. The minimum atomic E-state index is -3.54. The lowest BCUT2D eigenvalue weighted by Crippen LogP contribution is -2.59. The summed E-state index contributed by atoms with van der Waals surface area (Å²) < 4.78 is 0. The second kappa shape index (κ2) is 14.4. The van der Waals surface area contributed by atoms with E-state index in [0.29, 0.717) is 12.8 Å². The Labute approximate surface area is 158 Å². The standard InChI is InChI=1S/C20H40O6/c1-2-3-4-5-6-7-8-9-10-11-12-13-14-15-16-17-19(23,24)20(25,26)18(21)22/h23-26H,2-17H2,1H3,(H,21,22). The molecule has 0 aliphatic carbocycles. The molecular weight excluding hydrogens is 336 g/mol. The molecule has 6 nitrogen and oxygen atoms in total. The van der Waals surface area contributed by atoms with Crippen LogP contribution in [0.4, 0.5) is 0 Å². The first kappa shape index (κ1) is 25.3. The molecule has 0 rings (SSSR count). The molecule has 156 valence electrons. The van der Waals surface area contributed by atoms with Crippen molar-refractivity contribution >= 4 is 5.97 Å². The van der Waals surface area contributed by atoms with Gasteiger partial charge in [-0.05, 0) is 6.42 Å². The minimum absolute atomic E-state index is 0.335. The molecule has 0 aliphatic rings. The van der Waals surface area contributed by atoms with Crippen molar-refractivity contribution < 1.29 is 30.3 Å². The van der Waals surface area contributed by atoms with E-state index < -0.39 is 17.5 Å². The highest BCUT2D eigenvalue weighted by atomic mass is 16.6. The maximum Gasteiger partial charge on any atom is 0.370 e. The third-order valence-electron chi connectivity index (χ3n) is 4.99. The largest absolute Gasteiger partial charge is 0.477 e. The smallest absolute Gasteiger partial charge is 0.370 e. The Hall–Kier alpha value is -0.690. The Balaban J connectivity index is 3.43. The summed E-state index contributed by atoms with van der Waals surface area (Å²) in [5, 5.41) is 45.9. The fraction of sp³-hybridized carbons (Fsp3) is 0.950. The molecule has 0 bridgehead atoms. The first-order chi connectivity index (χ1) is 12.3. The first-order valence-corrected chi connectivity index (χ1v) is 10.4. The summed E-state index contributed by atoms with van der Waals surface area (Å²) >= 11 is 0. The van der Waals surface area contributed by atoms with Crippen molar-refractivity contribution in [1.82, 2.24) is 0 Å². The molecule has 6 heteroatoms. The van der Waals surface area contributed by atoms with Crippen LogP contribution < -0.4 is 0 Å². The molecule has 0 aromatic carbocycles. The van der Waals surface area contributed by atoms with Crippen molar-refractivity contribution in [2.75, 3.05) is 0 Å². The van der Waals surface area contributed by atoms with E-state index >= 15 is 0 Å². The van der Waals surface area contributed by atoms with Gasteiger partial charge in [-0.3, -0.25) is 0 Å². The van der Waals surface area contributed by atoms with Crippen molar-refractivity contribution in [3.8, 4) is 0 Å². The van der Waals surface area contributed by atoms with Crippen LogP contribution in [0.1, 0.15) is 110 Å². The molecule has 0 atom stereocenters. The van der Waals surface area contributed by atoms with Crippen LogP contribution >= 0.6 is 0 Å². The molecule has 0 fully saturated rings. The molecule has 0 radical (unpaired) electrons. The highest BCUT2D eigenvalue weighted by Crippen LogP contribution is 2.24. The zero-order valence-electron chi connectivity index (χ0n) is 16.5. The molecule has 0 saturated heterocycles. The minimum Gasteiger partial charge on any atom is -0.477 e. The zero-order valence-corrected chi connectivity index (χ0v) is 16.5. The zero-order chi connectivity index (χ0) is 19.9. The highest BCUT2D eigenvalue weighted by Gasteiger charge is 2.53.